The molecule has 37 heavy (non-hydrogen) atoms. The molecule has 1 aliphatic heterocycles. The number of carboxylic acid groups (broad SMARTS) is 1. The molecule has 0 aromatic heterocycles. The standard InChI is InChI=1S/C30H48N2O5/c1-4-7-8-9-10-11-12-13-14-15-20-26(29(35)37-6-3)22-31(5-2)30(36)32-23-25-19-17-16-18-24(25)21-27(32)28(33)34/h16-19,26-27H,4-15,20-23H2,1-3H3,(H,33,34)/t26-,27-/m0/s1. The van der Waals surface area contributed by atoms with E-state index in [9.17, 15) is 19.5 Å². The van der Waals surface area contributed by atoms with E-state index in [2.05, 4.69) is 6.92 Å². The maximum atomic E-state index is 13.5. The number of hydrogen-bond acceptors (Lipinski definition) is 4. The molecule has 2 amide bonds. The van der Waals surface area contributed by atoms with Crippen molar-refractivity contribution in [3.8, 4) is 0 Å². The highest BCUT2D eigenvalue weighted by molar-refractivity contribution is 5.84. The molecule has 1 aromatic rings. The average Bonchev–Trinajstić information content (AvgIpc) is 2.90. The molecule has 1 aromatic carbocycles. The molecule has 1 heterocycles. The van der Waals surface area contributed by atoms with Gasteiger partial charge in [-0.1, -0.05) is 95.4 Å². The summed E-state index contributed by atoms with van der Waals surface area (Å²) in [6.45, 7) is 7.10. The van der Waals surface area contributed by atoms with Crippen LogP contribution in [0, 0.1) is 5.92 Å². The molecular formula is C30H48N2O5. The number of benzene rings is 1. The van der Waals surface area contributed by atoms with E-state index < -0.39 is 17.9 Å². The summed E-state index contributed by atoms with van der Waals surface area (Å²) in [6.07, 6.45) is 13.2. The first-order valence-electron chi connectivity index (χ1n) is 14.4. The summed E-state index contributed by atoms with van der Waals surface area (Å²) in [4.78, 5) is 41.4. The summed E-state index contributed by atoms with van der Waals surface area (Å²) in [5.41, 5.74) is 1.93. The molecule has 0 fully saturated rings. The Morgan fingerprint density at radius 1 is 0.946 bits per heavy atom. The number of esters is 1. The summed E-state index contributed by atoms with van der Waals surface area (Å²) in [6, 6.07) is 6.42. The van der Waals surface area contributed by atoms with Crippen LogP contribution in [0.5, 0.6) is 0 Å². The van der Waals surface area contributed by atoms with Crippen molar-refractivity contribution in [1.29, 1.82) is 0 Å². The first-order chi connectivity index (χ1) is 17.9. The Morgan fingerprint density at radius 2 is 1.54 bits per heavy atom. The molecule has 208 valence electrons. The molecule has 7 nitrogen and oxygen atoms in total. The molecule has 1 N–H and O–H groups in total. The predicted molar refractivity (Wildman–Crippen MR) is 146 cm³/mol. The minimum absolute atomic E-state index is 0.246. The second kappa shape index (κ2) is 17.0. The van der Waals surface area contributed by atoms with Gasteiger partial charge < -0.3 is 19.6 Å². The van der Waals surface area contributed by atoms with E-state index in [0.29, 0.717) is 19.6 Å². The van der Waals surface area contributed by atoms with Crippen molar-refractivity contribution in [2.24, 2.45) is 5.92 Å². The molecule has 1 aliphatic rings. The highest BCUT2D eigenvalue weighted by Crippen LogP contribution is 2.25. The molecule has 0 spiro atoms. The highest BCUT2D eigenvalue weighted by Gasteiger charge is 2.37. The van der Waals surface area contributed by atoms with Gasteiger partial charge in [-0.25, -0.2) is 9.59 Å². The van der Waals surface area contributed by atoms with Crippen molar-refractivity contribution in [2.75, 3.05) is 19.7 Å². The third kappa shape index (κ3) is 10.0. The van der Waals surface area contributed by atoms with E-state index in [4.69, 9.17) is 4.74 Å². The number of unbranched alkanes of at least 4 members (excludes halogenated alkanes) is 9. The smallest absolute Gasteiger partial charge is 0.326 e. The van der Waals surface area contributed by atoms with Crippen LogP contribution < -0.4 is 0 Å². The van der Waals surface area contributed by atoms with Crippen molar-refractivity contribution in [3.05, 3.63) is 35.4 Å². The molecule has 0 bridgehead atoms. The Hall–Kier alpha value is -2.57. The summed E-state index contributed by atoms with van der Waals surface area (Å²) < 4.78 is 5.34. The van der Waals surface area contributed by atoms with Crippen LogP contribution in [0.25, 0.3) is 0 Å². The highest BCUT2D eigenvalue weighted by atomic mass is 16.5. The predicted octanol–water partition coefficient (Wildman–Crippen LogP) is 6.43. The quantitative estimate of drug-likeness (QED) is 0.190. The lowest BCUT2D eigenvalue weighted by Crippen LogP contribution is -2.54. The van der Waals surface area contributed by atoms with Crippen molar-refractivity contribution >= 4 is 18.0 Å². The Kier molecular flexibility index (Phi) is 14.1. The molecule has 7 heteroatoms. The van der Waals surface area contributed by atoms with Crippen molar-refractivity contribution in [1.82, 2.24) is 9.80 Å². The fraction of sp³-hybridized carbons (Fsp3) is 0.700. The molecule has 0 unspecified atom stereocenters. The number of amides is 2. The molecule has 0 radical (unpaired) electrons. The number of fused-ring (bicyclic) bond motifs is 1. The first-order valence-corrected chi connectivity index (χ1v) is 14.4. The van der Waals surface area contributed by atoms with Gasteiger partial charge >= 0.3 is 18.0 Å². The number of carbonyl (C=O) groups is 3. The Balaban J connectivity index is 1.94. The van der Waals surface area contributed by atoms with Gasteiger partial charge in [0.1, 0.15) is 6.04 Å². The molecule has 0 saturated heterocycles. The van der Waals surface area contributed by atoms with Gasteiger partial charge in [0, 0.05) is 26.1 Å². The van der Waals surface area contributed by atoms with Gasteiger partial charge in [-0.15, -0.1) is 0 Å². The van der Waals surface area contributed by atoms with Crippen LogP contribution in [0.1, 0.15) is 103 Å². The van der Waals surface area contributed by atoms with Gasteiger partial charge in [0.25, 0.3) is 0 Å². The van der Waals surface area contributed by atoms with Crippen LogP contribution in [-0.2, 0) is 27.3 Å². The Morgan fingerprint density at radius 3 is 2.11 bits per heavy atom. The van der Waals surface area contributed by atoms with E-state index in [0.717, 1.165) is 30.4 Å². The lowest BCUT2D eigenvalue weighted by molar-refractivity contribution is -0.149. The van der Waals surface area contributed by atoms with Crippen molar-refractivity contribution in [2.45, 2.75) is 110 Å². The lowest BCUT2D eigenvalue weighted by atomic mass is 9.94. The summed E-state index contributed by atoms with van der Waals surface area (Å²) in [5.74, 6) is -1.69. The minimum atomic E-state index is -1.01. The Labute approximate surface area is 223 Å². The normalized spacial score (nSPS) is 15.6. The number of aliphatic carboxylic acids is 1. The van der Waals surface area contributed by atoms with Gasteiger partial charge in [-0.05, 0) is 31.4 Å². The fourth-order valence-electron chi connectivity index (χ4n) is 5.16. The topological polar surface area (TPSA) is 87.2 Å². The van der Waals surface area contributed by atoms with Crippen LogP contribution in [-0.4, -0.2) is 58.6 Å². The number of urea groups is 1. The molecule has 2 rings (SSSR count). The zero-order valence-electron chi connectivity index (χ0n) is 23.3. The van der Waals surface area contributed by atoms with Crippen LogP contribution in [0.15, 0.2) is 24.3 Å². The maximum absolute atomic E-state index is 13.5. The first kappa shape index (κ1) is 30.7. The molecular weight excluding hydrogens is 468 g/mol. The zero-order valence-corrected chi connectivity index (χ0v) is 23.3. The number of rotatable bonds is 17. The molecule has 2 atom stereocenters. The monoisotopic (exact) mass is 516 g/mol. The number of carboxylic acids is 1. The van der Waals surface area contributed by atoms with Gasteiger partial charge in [0.15, 0.2) is 0 Å². The fourth-order valence-corrected chi connectivity index (χ4v) is 5.16. The van der Waals surface area contributed by atoms with Gasteiger partial charge in [-0.2, -0.15) is 0 Å². The molecule has 0 aliphatic carbocycles. The largest absolute Gasteiger partial charge is 0.480 e. The summed E-state index contributed by atoms with van der Waals surface area (Å²) in [5, 5.41) is 9.85. The van der Waals surface area contributed by atoms with Gasteiger partial charge in [0.05, 0.1) is 12.5 Å². The second-order valence-corrected chi connectivity index (χ2v) is 10.2. The maximum Gasteiger partial charge on any atom is 0.326 e. The van der Waals surface area contributed by atoms with Gasteiger partial charge in [0.2, 0.25) is 0 Å². The van der Waals surface area contributed by atoms with E-state index in [-0.39, 0.29) is 31.5 Å². The average molecular weight is 517 g/mol. The number of carbonyl (C=O) groups excluding carboxylic acids is 2. The Bertz CT molecular complexity index is 843. The third-order valence-corrected chi connectivity index (χ3v) is 7.40. The lowest BCUT2D eigenvalue weighted by Gasteiger charge is -2.38. The van der Waals surface area contributed by atoms with E-state index >= 15 is 0 Å². The number of ether oxygens (including phenoxy) is 1. The number of hydrogen-bond donors (Lipinski definition) is 1. The van der Waals surface area contributed by atoms with Crippen LogP contribution in [0.3, 0.4) is 0 Å². The number of nitrogens with zero attached hydrogens (tertiary/aromatic N) is 2. The van der Waals surface area contributed by atoms with E-state index in [1.807, 2.05) is 31.2 Å². The summed E-state index contributed by atoms with van der Waals surface area (Å²) in [7, 11) is 0. The van der Waals surface area contributed by atoms with E-state index in [1.165, 1.54) is 49.8 Å². The second-order valence-electron chi connectivity index (χ2n) is 10.2. The minimum Gasteiger partial charge on any atom is -0.480 e. The zero-order chi connectivity index (χ0) is 27.0. The molecule has 0 saturated carbocycles. The van der Waals surface area contributed by atoms with Crippen LogP contribution in [0.2, 0.25) is 0 Å². The van der Waals surface area contributed by atoms with Crippen LogP contribution in [0.4, 0.5) is 4.79 Å². The summed E-state index contributed by atoms with van der Waals surface area (Å²) >= 11 is 0. The van der Waals surface area contributed by atoms with Gasteiger partial charge in [-0.3, -0.25) is 4.79 Å². The van der Waals surface area contributed by atoms with E-state index in [1.54, 1.807) is 11.8 Å². The third-order valence-electron chi connectivity index (χ3n) is 7.40. The SMILES string of the molecule is CCCCCCCCCCCC[C@@H](CN(CC)C(=O)N1Cc2ccccc2C[C@H]1C(=O)O)C(=O)OCC. The van der Waals surface area contributed by atoms with Crippen molar-refractivity contribution in [3.63, 3.8) is 0 Å². The van der Waals surface area contributed by atoms with Crippen LogP contribution >= 0.6 is 0 Å². The van der Waals surface area contributed by atoms with Crippen molar-refractivity contribution < 1.29 is 24.2 Å².